The van der Waals surface area contributed by atoms with Crippen molar-refractivity contribution in [3.63, 3.8) is 0 Å². The molecular weight excluding hydrogens is 184 g/mol. The summed E-state index contributed by atoms with van der Waals surface area (Å²) >= 11 is 0. The zero-order valence-corrected chi connectivity index (χ0v) is 8.33. The number of hydrogen-bond acceptors (Lipinski definition) is 2. The average molecular weight is 195 g/mol. The summed E-state index contributed by atoms with van der Waals surface area (Å²) in [5.74, 6) is 0. The zero-order chi connectivity index (χ0) is 10.1. The first-order chi connectivity index (χ1) is 7.43. The molecule has 0 fully saturated rings. The molecule has 0 bridgehead atoms. The Bertz CT molecular complexity index is 477. The summed E-state index contributed by atoms with van der Waals surface area (Å²) in [7, 11) is 0. The normalized spacial score (nSPS) is 13.9. The standard InChI is InChI=1S/C13H11N2/c1-2-11(7-14-5-1)10-3-4-12-8-15-9-13(12)6-10/h1-6,15H,8-9H2. The van der Waals surface area contributed by atoms with Crippen LogP contribution in [-0.2, 0) is 13.1 Å². The third kappa shape index (κ3) is 1.53. The molecule has 1 aromatic carbocycles. The van der Waals surface area contributed by atoms with Gasteiger partial charge >= 0.3 is 0 Å². The molecule has 2 heterocycles. The summed E-state index contributed by atoms with van der Waals surface area (Å²) in [6.07, 6.45) is 4.75. The van der Waals surface area contributed by atoms with Gasteiger partial charge in [-0.05, 0) is 28.8 Å². The fourth-order valence-electron chi connectivity index (χ4n) is 1.95. The predicted octanol–water partition coefficient (Wildman–Crippen LogP) is 2.15. The van der Waals surface area contributed by atoms with E-state index in [2.05, 4.69) is 34.7 Å². The van der Waals surface area contributed by atoms with Gasteiger partial charge in [0.15, 0.2) is 0 Å². The fraction of sp³-hybridized carbons (Fsp3) is 0.154. The SMILES string of the molecule is [c]1ncccc1-c1ccc2c(c1)CNC2. The molecule has 0 saturated carbocycles. The van der Waals surface area contributed by atoms with Gasteiger partial charge in [-0.15, -0.1) is 0 Å². The van der Waals surface area contributed by atoms with Crippen LogP contribution in [0.4, 0.5) is 0 Å². The lowest BCUT2D eigenvalue weighted by Crippen LogP contribution is -1.99. The molecule has 2 heteroatoms. The summed E-state index contributed by atoms with van der Waals surface area (Å²) in [6, 6.07) is 10.5. The molecule has 1 N–H and O–H groups in total. The summed E-state index contributed by atoms with van der Waals surface area (Å²) in [5.41, 5.74) is 5.06. The lowest BCUT2D eigenvalue weighted by atomic mass is 10.0. The molecule has 1 aliphatic heterocycles. The minimum atomic E-state index is 0.976. The van der Waals surface area contributed by atoms with Crippen LogP contribution < -0.4 is 5.32 Å². The number of hydrogen-bond donors (Lipinski definition) is 1. The first-order valence-corrected chi connectivity index (χ1v) is 5.09. The van der Waals surface area contributed by atoms with Gasteiger partial charge in [-0.3, -0.25) is 4.98 Å². The van der Waals surface area contributed by atoms with Crippen LogP contribution in [0.3, 0.4) is 0 Å². The van der Waals surface area contributed by atoms with Crippen molar-refractivity contribution in [1.82, 2.24) is 10.3 Å². The maximum Gasteiger partial charge on any atom is 0.0970 e. The van der Waals surface area contributed by atoms with Gasteiger partial charge in [-0.1, -0.05) is 18.2 Å². The second kappa shape index (κ2) is 3.48. The van der Waals surface area contributed by atoms with Crippen LogP contribution in [0, 0.1) is 6.20 Å². The summed E-state index contributed by atoms with van der Waals surface area (Å²) in [4.78, 5) is 4.01. The minimum Gasteiger partial charge on any atom is -0.309 e. The van der Waals surface area contributed by atoms with Crippen molar-refractivity contribution in [2.75, 3.05) is 0 Å². The molecule has 0 amide bonds. The number of nitrogens with one attached hydrogen (secondary N) is 1. The van der Waals surface area contributed by atoms with E-state index in [1.165, 1.54) is 16.7 Å². The van der Waals surface area contributed by atoms with Crippen LogP contribution in [0.5, 0.6) is 0 Å². The highest BCUT2D eigenvalue weighted by Crippen LogP contribution is 2.23. The molecule has 1 radical (unpaired) electrons. The molecule has 0 aliphatic carbocycles. The van der Waals surface area contributed by atoms with Crippen LogP contribution in [-0.4, -0.2) is 4.98 Å². The van der Waals surface area contributed by atoms with Gasteiger partial charge in [0.1, 0.15) is 0 Å². The van der Waals surface area contributed by atoms with Crippen molar-refractivity contribution >= 4 is 0 Å². The summed E-state index contributed by atoms with van der Waals surface area (Å²) in [6.45, 7) is 1.97. The Morgan fingerprint density at radius 1 is 1.13 bits per heavy atom. The van der Waals surface area contributed by atoms with Crippen molar-refractivity contribution < 1.29 is 0 Å². The first-order valence-electron chi connectivity index (χ1n) is 5.09. The number of nitrogens with zero attached hydrogens (tertiary/aromatic N) is 1. The highest BCUT2D eigenvalue weighted by atomic mass is 14.9. The summed E-state index contributed by atoms with van der Waals surface area (Å²) in [5, 5.41) is 3.34. The Kier molecular flexibility index (Phi) is 2.00. The average Bonchev–Trinajstić information content (AvgIpc) is 2.77. The highest BCUT2D eigenvalue weighted by molar-refractivity contribution is 5.63. The van der Waals surface area contributed by atoms with Crippen molar-refractivity contribution in [1.29, 1.82) is 0 Å². The quantitative estimate of drug-likeness (QED) is 0.754. The third-order valence-electron chi connectivity index (χ3n) is 2.76. The van der Waals surface area contributed by atoms with E-state index in [0.717, 1.165) is 18.7 Å². The largest absolute Gasteiger partial charge is 0.309 e. The van der Waals surface area contributed by atoms with Crippen molar-refractivity contribution in [2.45, 2.75) is 13.1 Å². The predicted molar refractivity (Wildman–Crippen MR) is 59.1 cm³/mol. The Morgan fingerprint density at radius 3 is 2.93 bits per heavy atom. The molecule has 3 rings (SSSR count). The number of rotatable bonds is 1. The third-order valence-corrected chi connectivity index (χ3v) is 2.76. The van der Waals surface area contributed by atoms with E-state index in [0.29, 0.717) is 0 Å². The first kappa shape index (κ1) is 8.62. The van der Waals surface area contributed by atoms with E-state index in [-0.39, 0.29) is 0 Å². The molecule has 2 aromatic rings. The van der Waals surface area contributed by atoms with Gasteiger partial charge in [-0.25, -0.2) is 0 Å². The lowest BCUT2D eigenvalue weighted by molar-refractivity contribution is 0.765. The van der Waals surface area contributed by atoms with E-state index in [1.54, 1.807) is 6.20 Å². The van der Waals surface area contributed by atoms with Crippen molar-refractivity contribution in [3.8, 4) is 11.1 Å². The van der Waals surface area contributed by atoms with Crippen molar-refractivity contribution in [3.05, 3.63) is 53.9 Å². The van der Waals surface area contributed by atoms with Gasteiger partial charge < -0.3 is 5.32 Å². The molecule has 0 saturated heterocycles. The van der Waals surface area contributed by atoms with E-state index < -0.39 is 0 Å². The smallest absolute Gasteiger partial charge is 0.0970 e. The van der Waals surface area contributed by atoms with Crippen LogP contribution in [0.15, 0.2) is 36.5 Å². The molecule has 15 heavy (non-hydrogen) atoms. The highest BCUT2D eigenvalue weighted by Gasteiger charge is 2.10. The number of pyridine rings is 1. The van der Waals surface area contributed by atoms with Gasteiger partial charge in [0.2, 0.25) is 0 Å². The van der Waals surface area contributed by atoms with E-state index >= 15 is 0 Å². The zero-order valence-electron chi connectivity index (χ0n) is 8.33. The maximum atomic E-state index is 4.01. The van der Waals surface area contributed by atoms with E-state index in [9.17, 15) is 0 Å². The fourth-order valence-corrected chi connectivity index (χ4v) is 1.95. The Balaban J connectivity index is 2.07. The van der Waals surface area contributed by atoms with E-state index in [4.69, 9.17) is 0 Å². The Morgan fingerprint density at radius 2 is 2.07 bits per heavy atom. The van der Waals surface area contributed by atoms with E-state index in [1.807, 2.05) is 12.1 Å². The van der Waals surface area contributed by atoms with Crippen LogP contribution in [0.25, 0.3) is 11.1 Å². The van der Waals surface area contributed by atoms with Crippen LogP contribution >= 0.6 is 0 Å². The number of fused-ring (bicyclic) bond motifs is 1. The molecular formula is C13H11N2. The molecule has 1 aliphatic rings. The Hall–Kier alpha value is -1.67. The van der Waals surface area contributed by atoms with Gasteiger partial charge in [0.25, 0.3) is 0 Å². The van der Waals surface area contributed by atoms with Gasteiger partial charge in [0.05, 0.1) is 6.20 Å². The van der Waals surface area contributed by atoms with Gasteiger partial charge in [-0.2, -0.15) is 0 Å². The molecule has 2 nitrogen and oxygen atoms in total. The van der Waals surface area contributed by atoms with Crippen LogP contribution in [0.1, 0.15) is 11.1 Å². The van der Waals surface area contributed by atoms with Gasteiger partial charge in [0, 0.05) is 24.8 Å². The molecule has 73 valence electrons. The van der Waals surface area contributed by atoms with Crippen molar-refractivity contribution in [2.24, 2.45) is 0 Å². The number of aromatic nitrogens is 1. The molecule has 0 spiro atoms. The van der Waals surface area contributed by atoms with Crippen LogP contribution in [0.2, 0.25) is 0 Å². The molecule has 0 atom stereocenters. The second-order valence-electron chi connectivity index (χ2n) is 3.75. The maximum absolute atomic E-state index is 4.01. The molecule has 0 unspecified atom stereocenters. The second-order valence-corrected chi connectivity index (χ2v) is 3.75. The lowest BCUT2D eigenvalue weighted by Gasteiger charge is -2.03. The summed E-state index contributed by atoms with van der Waals surface area (Å²) < 4.78 is 0. The number of benzene rings is 1. The molecule has 1 aromatic heterocycles. The monoisotopic (exact) mass is 195 g/mol. The minimum absolute atomic E-state index is 0.976. The Labute approximate surface area is 89.0 Å². The topological polar surface area (TPSA) is 24.9 Å².